The van der Waals surface area contributed by atoms with Crippen molar-refractivity contribution in [3.8, 4) is 11.5 Å². The molecule has 1 aliphatic rings. The van der Waals surface area contributed by atoms with Crippen LogP contribution in [0.1, 0.15) is 16.9 Å². The van der Waals surface area contributed by atoms with Gasteiger partial charge in [0, 0.05) is 31.3 Å². The van der Waals surface area contributed by atoms with Gasteiger partial charge in [0.05, 0.1) is 0 Å². The van der Waals surface area contributed by atoms with Crippen LogP contribution in [0.4, 0.5) is 0 Å². The summed E-state index contributed by atoms with van der Waals surface area (Å²) in [7, 11) is 0. The fraction of sp³-hybridized carbons (Fsp3) is 0.333. The molecular formula is C12H12ClN3O. The first kappa shape index (κ1) is 10.7. The summed E-state index contributed by atoms with van der Waals surface area (Å²) in [5.74, 6) is 1.83. The lowest BCUT2D eigenvalue weighted by Crippen LogP contribution is -2.22. The molecular weight excluding hydrogens is 238 g/mol. The van der Waals surface area contributed by atoms with Gasteiger partial charge < -0.3 is 9.73 Å². The van der Waals surface area contributed by atoms with Crippen LogP contribution in [0.15, 0.2) is 16.7 Å². The summed E-state index contributed by atoms with van der Waals surface area (Å²) in [4.78, 5) is 8.17. The van der Waals surface area contributed by atoms with Crippen LogP contribution in [0.25, 0.3) is 11.5 Å². The Hall–Kier alpha value is -1.39. The minimum absolute atomic E-state index is 0.248. The summed E-state index contributed by atoms with van der Waals surface area (Å²) in [6, 6.07) is 2.03. The van der Waals surface area contributed by atoms with Gasteiger partial charge in [0.25, 0.3) is 0 Å². The lowest BCUT2D eigenvalue weighted by Gasteiger charge is -2.09. The number of furan rings is 1. The normalized spacial score (nSPS) is 14.7. The molecule has 2 aromatic rings. The predicted molar refractivity (Wildman–Crippen MR) is 64.9 cm³/mol. The van der Waals surface area contributed by atoms with Crippen LogP contribution >= 0.6 is 11.6 Å². The van der Waals surface area contributed by atoms with Crippen LogP contribution in [0.5, 0.6) is 0 Å². The van der Waals surface area contributed by atoms with E-state index in [9.17, 15) is 0 Å². The first-order valence-electron chi connectivity index (χ1n) is 5.56. The van der Waals surface area contributed by atoms with Gasteiger partial charge in [-0.3, -0.25) is 0 Å². The molecule has 0 atom stereocenters. The van der Waals surface area contributed by atoms with Crippen LogP contribution < -0.4 is 5.32 Å². The van der Waals surface area contributed by atoms with Gasteiger partial charge in [0.1, 0.15) is 11.5 Å². The van der Waals surface area contributed by atoms with Gasteiger partial charge in [-0.1, -0.05) is 0 Å². The zero-order chi connectivity index (χ0) is 11.8. The number of aromatic nitrogens is 2. The Bertz CT molecular complexity index is 541. The Labute approximate surface area is 104 Å². The number of fused-ring (bicyclic) bond motifs is 1. The van der Waals surface area contributed by atoms with E-state index in [2.05, 4.69) is 15.3 Å². The van der Waals surface area contributed by atoms with Crippen LogP contribution in [0.3, 0.4) is 0 Å². The first-order valence-corrected chi connectivity index (χ1v) is 5.93. The van der Waals surface area contributed by atoms with E-state index in [1.807, 2.05) is 13.0 Å². The SMILES string of the molecule is Cc1cnc(Cl)nc1-c1cc2c(o1)CCNC2. The van der Waals surface area contributed by atoms with Crippen molar-refractivity contribution < 1.29 is 4.42 Å². The second kappa shape index (κ2) is 4.13. The first-order chi connectivity index (χ1) is 8.24. The number of halogens is 1. The second-order valence-corrected chi connectivity index (χ2v) is 4.49. The van der Waals surface area contributed by atoms with Crippen molar-refractivity contribution in [1.82, 2.24) is 15.3 Å². The molecule has 0 unspecified atom stereocenters. The highest BCUT2D eigenvalue weighted by atomic mass is 35.5. The van der Waals surface area contributed by atoms with Crippen molar-refractivity contribution in [3.05, 3.63) is 34.4 Å². The molecule has 4 nitrogen and oxygen atoms in total. The second-order valence-electron chi connectivity index (χ2n) is 4.16. The Kier molecular flexibility index (Phi) is 2.61. The third kappa shape index (κ3) is 1.94. The third-order valence-corrected chi connectivity index (χ3v) is 3.10. The van der Waals surface area contributed by atoms with Gasteiger partial charge in [-0.05, 0) is 30.2 Å². The van der Waals surface area contributed by atoms with Crippen molar-refractivity contribution in [2.45, 2.75) is 19.9 Å². The fourth-order valence-corrected chi connectivity index (χ4v) is 2.17. The third-order valence-electron chi connectivity index (χ3n) is 2.92. The van der Waals surface area contributed by atoms with Crippen molar-refractivity contribution in [3.63, 3.8) is 0 Å². The Morgan fingerprint density at radius 3 is 3.18 bits per heavy atom. The van der Waals surface area contributed by atoms with Crippen molar-refractivity contribution >= 4 is 11.6 Å². The molecule has 0 aliphatic carbocycles. The van der Waals surface area contributed by atoms with Gasteiger partial charge in [0.15, 0.2) is 5.76 Å². The van der Waals surface area contributed by atoms with Crippen LogP contribution in [-0.2, 0) is 13.0 Å². The number of nitrogens with zero attached hydrogens (tertiary/aromatic N) is 2. The average molecular weight is 250 g/mol. The summed E-state index contributed by atoms with van der Waals surface area (Å²) < 4.78 is 5.84. The maximum Gasteiger partial charge on any atom is 0.223 e. The molecule has 3 heterocycles. The smallest absolute Gasteiger partial charge is 0.223 e. The highest BCUT2D eigenvalue weighted by Crippen LogP contribution is 2.28. The van der Waals surface area contributed by atoms with E-state index in [-0.39, 0.29) is 5.28 Å². The summed E-state index contributed by atoms with van der Waals surface area (Å²) in [6.07, 6.45) is 2.64. The zero-order valence-corrected chi connectivity index (χ0v) is 10.2. The molecule has 17 heavy (non-hydrogen) atoms. The molecule has 2 aromatic heterocycles. The highest BCUT2D eigenvalue weighted by Gasteiger charge is 2.17. The molecule has 5 heteroatoms. The molecule has 3 rings (SSSR count). The van der Waals surface area contributed by atoms with E-state index in [1.54, 1.807) is 6.20 Å². The van der Waals surface area contributed by atoms with Crippen LogP contribution in [0.2, 0.25) is 5.28 Å². The average Bonchev–Trinajstić information content (AvgIpc) is 2.75. The Balaban J connectivity index is 2.08. The van der Waals surface area contributed by atoms with Crippen molar-refractivity contribution in [1.29, 1.82) is 0 Å². The van der Waals surface area contributed by atoms with E-state index in [4.69, 9.17) is 16.0 Å². The lowest BCUT2D eigenvalue weighted by molar-refractivity contribution is 0.482. The molecule has 88 valence electrons. The summed E-state index contributed by atoms with van der Waals surface area (Å²) in [5, 5.41) is 3.56. The van der Waals surface area contributed by atoms with Gasteiger partial charge in [0.2, 0.25) is 5.28 Å². The van der Waals surface area contributed by atoms with E-state index in [0.29, 0.717) is 0 Å². The molecule has 0 radical (unpaired) electrons. The van der Waals surface area contributed by atoms with E-state index >= 15 is 0 Å². The summed E-state index contributed by atoms with van der Waals surface area (Å²) in [5.41, 5.74) is 2.95. The quantitative estimate of drug-likeness (QED) is 0.789. The maximum atomic E-state index is 5.84. The zero-order valence-electron chi connectivity index (χ0n) is 9.46. The van der Waals surface area contributed by atoms with E-state index < -0.39 is 0 Å². The molecule has 0 fully saturated rings. The summed E-state index contributed by atoms with van der Waals surface area (Å²) >= 11 is 5.82. The molecule has 0 saturated heterocycles. The van der Waals surface area contributed by atoms with Crippen molar-refractivity contribution in [2.24, 2.45) is 0 Å². The molecule has 0 amide bonds. The minimum atomic E-state index is 0.248. The van der Waals surface area contributed by atoms with Gasteiger partial charge >= 0.3 is 0 Å². The number of aryl methyl sites for hydroxylation is 1. The molecule has 1 N–H and O–H groups in total. The predicted octanol–water partition coefficient (Wildman–Crippen LogP) is 2.34. The van der Waals surface area contributed by atoms with Crippen LogP contribution in [-0.4, -0.2) is 16.5 Å². The Morgan fingerprint density at radius 2 is 2.35 bits per heavy atom. The number of nitrogens with one attached hydrogen (secondary N) is 1. The van der Waals surface area contributed by atoms with Gasteiger partial charge in [-0.15, -0.1) is 0 Å². The molecule has 1 aliphatic heterocycles. The Morgan fingerprint density at radius 1 is 1.47 bits per heavy atom. The molecule has 0 spiro atoms. The number of hydrogen-bond acceptors (Lipinski definition) is 4. The monoisotopic (exact) mass is 249 g/mol. The van der Waals surface area contributed by atoms with E-state index in [1.165, 1.54) is 5.56 Å². The van der Waals surface area contributed by atoms with Crippen molar-refractivity contribution in [2.75, 3.05) is 6.54 Å². The highest BCUT2D eigenvalue weighted by molar-refractivity contribution is 6.28. The number of rotatable bonds is 1. The minimum Gasteiger partial charge on any atom is -0.459 e. The fourth-order valence-electron chi connectivity index (χ4n) is 2.04. The largest absolute Gasteiger partial charge is 0.459 e. The molecule has 0 bridgehead atoms. The lowest BCUT2D eigenvalue weighted by atomic mass is 10.1. The van der Waals surface area contributed by atoms with Gasteiger partial charge in [-0.2, -0.15) is 0 Å². The summed E-state index contributed by atoms with van der Waals surface area (Å²) in [6.45, 7) is 3.77. The van der Waals surface area contributed by atoms with Gasteiger partial charge in [-0.25, -0.2) is 9.97 Å². The topological polar surface area (TPSA) is 51.0 Å². The van der Waals surface area contributed by atoms with E-state index in [0.717, 1.165) is 42.3 Å². The standard InChI is InChI=1S/C12H12ClN3O/c1-7-5-15-12(13)16-11(7)10-4-8-6-14-3-2-9(8)17-10/h4-5,14H,2-3,6H2,1H3. The number of hydrogen-bond donors (Lipinski definition) is 1. The molecule has 0 aromatic carbocycles. The van der Waals surface area contributed by atoms with Crippen LogP contribution in [0, 0.1) is 6.92 Å². The maximum absolute atomic E-state index is 5.84. The molecule has 0 saturated carbocycles.